The number of hydrogen-bond donors (Lipinski definition) is 1. The standard InChI is InChI=1S/C28H27N3O5/c1-2-33-26-19-22(10-11-24(26)35-18-17-34-23-7-4-3-5-8-23)28(32)31-27-25(9-6-14-30-27)36-20-21-12-15-29-16-13-21/h3-16,19H,2,17-18,20H2,1H3,(H,30,31,32). The Balaban J connectivity index is 1.38. The monoisotopic (exact) mass is 485 g/mol. The summed E-state index contributed by atoms with van der Waals surface area (Å²) in [5, 5.41) is 2.82. The van der Waals surface area contributed by atoms with Crippen molar-refractivity contribution in [3.63, 3.8) is 0 Å². The number of anilines is 1. The molecule has 4 rings (SSSR count). The molecule has 0 saturated carbocycles. The molecule has 8 heteroatoms. The highest BCUT2D eigenvalue weighted by atomic mass is 16.5. The van der Waals surface area contributed by atoms with Gasteiger partial charge in [0.1, 0.15) is 25.6 Å². The van der Waals surface area contributed by atoms with E-state index in [9.17, 15) is 4.79 Å². The van der Waals surface area contributed by atoms with E-state index in [1.54, 1.807) is 48.9 Å². The Bertz CT molecular complexity index is 1250. The van der Waals surface area contributed by atoms with Gasteiger partial charge in [0.2, 0.25) is 0 Å². The lowest BCUT2D eigenvalue weighted by molar-refractivity contribution is 0.102. The summed E-state index contributed by atoms with van der Waals surface area (Å²) in [6, 6.07) is 21.8. The smallest absolute Gasteiger partial charge is 0.257 e. The molecule has 0 radical (unpaired) electrons. The summed E-state index contributed by atoms with van der Waals surface area (Å²) in [5.74, 6) is 2.22. The van der Waals surface area contributed by atoms with Crippen molar-refractivity contribution in [2.24, 2.45) is 0 Å². The normalized spacial score (nSPS) is 10.4. The minimum absolute atomic E-state index is 0.325. The molecule has 0 saturated heterocycles. The Kier molecular flexibility index (Phi) is 8.69. The third-order valence-corrected chi connectivity index (χ3v) is 5.00. The molecule has 0 atom stereocenters. The van der Waals surface area contributed by atoms with Gasteiger partial charge in [0.15, 0.2) is 23.1 Å². The van der Waals surface area contributed by atoms with Crippen LogP contribution < -0.4 is 24.3 Å². The van der Waals surface area contributed by atoms with E-state index < -0.39 is 0 Å². The summed E-state index contributed by atoms with van der Waals surface area (Å²) in [6.07, 6.45) is 4.99. The summed E-state index contributed by atoms with van der Waals surface area (Å²) in [4.78, 5) is 21.3. The maximum atomic E-state index is 13.0. The molecule has 1 amide bonds. The fourth-order valence-electron chi connectivity index (χ4n) is 3.29. The number of rotatable bonds is 12. The van der Waals surface area contributed by atoms with E-state index in [0.717, 1.165) is 11.3 Å². The predicted molar refractivity (Wildman–Crippen MR) is 136 cm³/mol. The minimum atomic E-state index is -0.345. The van der Waals surface area contributed by atoms with E-state index in [2.05, 4.69) is 15.3 Å². The molecule has 0 bridgehead atoms. The predicted octanol–water partition coefficient (Wildman–Crippen LogP) is 5.16. The van der Waals surface area contributed by atoms with Gasteiger partial charge in [-0.25, -0.2) is 4.98 Å². The lowest BCUT2D eigenvalue weighted by atomic mass is 10.2. The number of amides is 1. The van der Waals surface area contributed by atoms with E-state index >= 15 is 0 Å². The van der Waals surface area contributed by atoms with Gasteiger partial charge in [-0.05, 0) is 67.1 Å². The average Bonchev–Trinajstić information content (AvgIpc) is 2.92. The SMILES string of the molecule is CCOc1cc(C(=O)Nc2ncccc2OCc2ccncc2)ccc1OCCOc1ccccc1. The van der Waals surface area contributed by atoms with Crippen LogP contribution in [0.4, 0.5) is 5.82 Å². The average molecular weight is 486 g/mol. The van der Waals surface area contributed by atoms with Gasteiger partial charge in [-0.3, -0.25) is 9.78 Å². The lowest BCUT2D eigenvalue weighted by Crippen LogP contribution is -2.15. The van der Waals surface area contributed by atoms with Crippen LogP contribution in [0, 0.1) is 0 Å². The first-order valence-corrected chi connectivity index (χ1v) is 11.6. The third kappa shape index (κ3) is 6.96. The van der Waals surface area contributed by atoms with Crippen LogP contribution >= 0.6 is 0 Å². The molecule has 0 unspecified atom stereocenters. The molecule has 2 aromatic carbocycles. The van der Waals surface area contributed by atoms with Crippen LogP contribution in [0.5, 0.6) is 23.0 Å². The Labute approximate surface area is 209 Å². The van der Waals surface area contributed by atoms with Gasteiger partial charge in [0, 0.05) is 24.2 Å². The molecule has 0 aliphatic carbocycles. The van der Waals surface area contributed by atoms with Gasteiger partial charge < -0.3 is 24.3 Å². The number of pyridine rings is 2. The van der Waals surface area contributed by atoms with Gasteiger partial charge in [-0.15, -0.1) is 0 Å². The molecular formula is C28H27N3O5. The van der Waals surface area contributed by atoms with Crippen LogP contribution in [-0.2, 0) is 6.61 Å². The number of nitrogens with one attached hydrogen (secondary N) is 1. The highest BCUT2D eigenvalue weighted by Gasteiger charge is 2.15. The number of para-hydroxylation sites is 1. The molecular weight excluding hydrogens is 458 g/mol. The highest BCUT2D eigenvalue weighted by molar-refractivity contribution is 6.04. The number of aromatic nitrogens is 2. The Morgan fingerprint density at radius 3 is 2.39 bits per heavy atom. The lowest BCUT2D eigenvalue weighted by Gasteiger charge is -2.14. The van der Waals surface area contributed by atoms with Gasteiger partial charge in [-0.1, -0.05) is 18.2 Å². The number of ether oxygens (including phenoxy) is 4. The largest absolute Gasteiger partial charge is 0.490 e. The van der Waals surface area contributed by atoms with E-state index in [1.807, 2.05) is 49.4 Å². The molecule has 0 spiro atoms. The van der Waals surface area contributed by atoms with E-state index in [4.69, 9.17) is 18.9 Å². The zero-order chi connectivity index (χ0) is 25.0. The number of hydrogen-bond acceptors (Lipinski definition) is 7. The first-order valence-electron chi connectivity index (χ1n) is 11.6. The molecule has 2 heterocycles. The molecule has 4 aromatic rings. The summed E-state index contributed by atoms with van der Waals surface area (Å²) in [6.45, 7) is 3.32. The zero-order valence-corrected chi connectivity index (χ0v) is 19.9. The highest BCUT2D eigenvalue weighted by Crippen LogP contribution is 2.30. The fourth-order valence-corrected chi connectivity index (χ4v) is 3.29. The number of benzene rings is 2. The topological polar surface area (TPSA) is 91.8 Å². The zero-order valence-electron chi connectivity index (χ0n) is 19.9. The quantitative estimate of drug-likeness (QED) is 0.277. The first-order chi connectivity index (χ1) is 17.7. The molecule has 184 valence electrons. The second-order valence-electron chi connectivity index (χ2n) is 7.55. The third-order valence-electron chi connectivity index (χ3n) is 5.00. The molecule has 8 nitrogen and oxygen atoms in total. The second-order valence-corrected chi connectivity index (χ2v) is 7.55. The van der Waals surface area contributed by atoms with Gasteiger partial charge in [0.25, 0.3) is 5.91 Å². The van der Waals surface area contributed by atoms with E-state index in [0.29, 0.717) is 55.1 Å². The maximum absolute atomic E-state index is 13.0. The van der Waals surface area contributed by atoms with Gasteiger partial charge in [-0.2, -0.15) is 0 Å². The molecule has 0 aliphatic rings. The summed E-state index contributed by atoms with van der Waals surface area (Å²) in [5.41, 5.74) is 1.36. The second kappa shape index (κ2) is 12.8. The van der Waals surface area contributed by atoms with Gasteiger partial charge >= 0.3 is 0 Å². The number of carbonyl (C=O) groups is 1. The molecule has 36 heavy (non-hydrogen) atoms. The van der Waals surface area contributed by atoms with Gasteiger partial charge in [0.05, 0.1) is 6.61 Å². The van der Waals surface area contributed by atoms with Crippen LogP contribution in [0.15, 0.2) is 91.4 Å². The molecule has 2 aromatic heterocycles. The van der Waals surface area contributed by atoms with Crippen LogP contribution in [0.25, 0.3) is 0 Å². The number of nitrogens with zero attached hydrogens (tertiary/aromatic N) is 2. The van der Waals surface area contributed by atoms with Crippen LogP contribution in [0.1, 0.15) is 22.8 Å². The van der Waals surface area contributed by atoms with Crippen molar-refractivity contribution >= 4 is 11.7 Å². The van der Waals surface area contributed by atoms with Crippen molar-refractivity contribution in [1.82, 2.24) is 9.97 Å². The summed E-state index contributed by atoms with van der Waals surface area (Å²) >= 11 is 0. The number of carbonyl (C=O) groups excluding carboxylic acids is 1. The van der Waals surface area contributed by atoms with Crippen molar-refractivity contribution in [3.05, 3.63) is 103 Å². The van der Waals surface area contributed by atoms with Crippen molar-refractivity contribution in [3.8, 4) is 23.0 Å². The molecule has 0 fully saturated rings. The van der Waals surface area contributed by atoms with Crippen molar-refractivity contribution < 1.29 is 23.7 Å². The van der Waals surface area contributed by atoms with Crippen LogP contribution in [0.3, 0.4) is 0 Å². The first kappa shape index (κ1) is 24.5. The Morgan fingerprint density at radius 2 is 1.58 bits per heavy atom. The van der Waals surface area contributed by atoms with E-state index in [-0.39, 0.29) is 5.91 Å². The summed E-state index contributed by atoms with van der Waals surface area (Å²) < 4.78 is 23.1. The Morgan fingerprint density at radius 1 is 0.778 bits per heavy atom. The van der Waals surface area contributed by atoms with Crippen molar-refractivity contribution in [2.75, 3.05) is 25.1 Å². The fraction of sp³-hybridized carbons (Fsp3) is 0.179. The van der Waals surface area contributed by atoms with Crippen LogP contribution in [-0.4, -0.2) is 35.7 Å². The van der Waals surface area contributed by atoms with E-state index in [1.165, 1.54) is 0 Å². The van der Waals surface area contributed by atoms with Crippen molar-refractivity contribution in [1.29, 1.82) is 0 Å². The Hall–Kier alpha value is -4.59. The van der Waals surface area contributed by atoms with Crippen molar-refractivity contribution in [2.45, 2.75) is 13.5 Å². The maximum Gasteiger partial charge on any atom is 0.257 e. The van der Waals surface area contributed by atoms with Crippen LogP contribution in [0.2, 0.25) is 0 Å². The molecule has 0 aliphatic heterocycles. The summed E-state index contributed by atoms with van der Waals surface area (Å²) in [7, 11) is 0. The molecule has 1 N–H and O–H groups in total. The minimum Gasteiger partial charge on any atom is -0.490 e.